The van der Waals surface area contributed by atoms with E-state index in [1.54, 1.807) is 6.08 Å². The largest absolute Gasteiger partial charge is 0.208 e. The number of aryl methyl sites for hydroxylation is 1. The van der Waals surface area contributed by atoms with Gasteiger partial charge < -0.3 is 0 Å². The summed E-state index contributed by atoms with van der Waals surface area (Å²) >= 11 is 0. The summed E-state index contributed by atoms with van der Waals surface area (Å²) in [7, 11) is 2.00. The van der Waals surface area contributed by atoms with Crippen LogP contribution in [0.15, 0.2) is 55.4 Å². The van der Waals surface area contributed by atoms with Crippen LogP contribution in [0.5, 0.6) is 0 Å². The molecule has 1 nitrogen and oxygen atoms in total. The molecule has 0 amide bonds. The van der Waals surface area contributed by atoms with Crippen molar-refractivity contribution < 1.29 is 4.57 Å². The van der Waals surface area contributed by atoms with Crippen LogP contribution in [0.25, 0.3) is 6.08 Å². The van der Waals surface area contributed by atoms with Gasteiger partial charge in [0.05, 0.1) is 0 Å². The van der Waals surface area contributed by atoms with Crippen LogP contribution in [0.1, 0.15) is 5.56 Å². The van der Waals surface area contributed by atoms with Crippen molar-refractivity contribution in [3.63, 3.8) is 0 Å². The van der Waals surface area contributed by atoms with Crippen LogP contribution in [0.2, 0.25) is 0 Å². The number of aromatic nitrogens is 1. The van der Waals surface area contributed by atoms with E-state index in [1.807, 2.05) is 48.3 Å². The average Bonchev–Trinajstić information content (AvgIpc) is 2.16. The molecule has 1 heteroatoms. The summed E-state index contributed by atoms with van der Waals surface area (Å²) in [6.45, 7) is 7.43. The van der Waals surface area contributed by atoms with Crippen molar-refractivity contribution >= 4 is 6.08 Å². The third-order valence-corrected chi connectivity index (χ3v) is 1.76. The lowest BCUT2D eigenvalue weighted by atomic mass is 10.2. The molecule has 0 aliphatic rings. The molecular weight excluding hydrogens is 158 g/mol. The summed E-state index contributed by atoms with van der Waals surface area (Å²) in [5.74, 6) is 0. The van der Waals surface area contributed by atoms with Gasteiger partial charge in [-0.1, -0.05) is 31.4 Å². The van der Waals surface area contributed by atoms with E-state index in [0.717, 1.165) is 5.57 Å². The molecule has 0 atom stereocenters. The quantitative estimate of drug-likeness (QED) is 0.486. The van der Waals surface area contributed by atoms with Crippen molar-refractivity contribution in [2.24, 2.45) is 7.05 Å². The molecule has 0 N–H and O–H groups in total. The highest BCUT2D eigenvalue weighted by molar-refractivity contribution is 5.52. The number of allylic oxidation sites excluding steroid dienone is 3. The van der Waals surface area contributed by atoms with Crippen LogP contribution >= 0.6 is 0 Å². The summed E-state index contributed by atoms with van der Waals surface area (Å²) in [5.41, 5.74) is 2.09. The molecular formula is C12H14N+. The maximum atomic E-state index is 3.80. The molecule has 0 aromatic carbocycles. The summed E-state index contributed by atoms with van der Waals surface area (Å²) in [6.07, 6.45) is 9.72. The average molecular weight is 172 g/mol. The Kier molecular flexibility index (Phi) is 3.21. The highest BCUT2D eigenvalue weighted by atomic mass is 14.9. The fraction of sp³-hybridized carbons (Fsp3) is 0.0833. The fourth-order valence-corrected chi connectivity index (χ4v) is 0.895. The SMILES string of the molecule is C=CC(=C)/C=C/c1cc[n+](C)cc1. The van der Waals surface area contributed by atoms with Crippen LogP contribution in [0.3, 0.4) is 0 Å². The van der Waals surface area contributed by atoms with E-state index in [0.29, 0.717) is 0 Å². The Hall–Kier alpha value is -1.63. The predicted octanol–water partition coefficient (Wildman–Crippen LogP) is 2.27. The molecule has 0 spiro atoms. The van der Waals surface area contributed by atoms with E-state index in [9.17, 15) is 0 Å². The molecule has 0 aliphatic heterocycles. The summed E-state index contributed by atoms with van der Waals surface area (Å²) in [4.78, 5) is 0. The normalized spacial score (nSPS) is 10.2. The third-order valence-electron chi connectivity index (χ3n) is 1.76. The van der Waals surface area contributed by atoms with Crippen molar-refractivity contribution in [2.45, 2.75) is 0 Å². The van der Waals surface area contributed by atoms with Gasteiger partial charge in [-0.15, -0.1) is 0 Å². The Bertz CT molecular complexity index is 331. The molecule has 1 rings (SSSR count). The van der Waals surface area contributed by atoms with Gasteiger partial charge in [0.1, 0.15) is 7.05 Å². The minimum Gasteiger partial charge on any atom is -0.208 e. The first-order chi connectivity index (χ1) is 6.22. The van der Waals surface area contributed by atoms with Gasteiger partial charge in [0, 0.05) is 12.1 Å². The maximum Gasteiger partial charge on any atom is 0.169 e. The van der Waals surface area contributed by atoms with Crippen LogP contribution < -0.4 is 4.57 Å². The van der Waals surface area contributed by atoms with Crippen molar-refractivity contribution in [1.82, 2.24) is 0 Å². The molecule has 1 aromatic rings. The van der Waals surface area contributed by atoms with E-state index in [2.05, 4.69) is 13.2 Å². The van der Waals surface area contributed by atoms with Crippen molar-refractivity contribution in [2.75, 3.05) is 0 Å². The standard InChI is InChI=1S/C12H14N/c1-4-11(2)5-6-12-7-9-13(3)10-8-12/h4-10H,1-2H2,3H3/q+1/b6-5+. The number of hydrogen-bond acceptors (Lipinski definition) is 0. The van der Waals surface area contributed by atoms with Crippen molar-refractivity contribution in [3.8, 4) is 0 Å². The third kappa shape index (κ3) is 3.08. The van der Waals surface area contributed by atoms with Gasteiger partial charge in [-0.05, 0) is 11.1 Å². The van der Waals surface area contributed by atoms with Crippen LogP contribution in [-0.2, 0) is 7.05 Å². The van der Waals surface area contributed by atoms with Crippen LogP contribution in [-0.4, -0.2) is 0 Å². The monoisotopic (exact) mass is 172 g/mol. The number of hydrogen-bond donors (Lipinski definition) is 0. The highest BCUT2D eigenvalue weighted by Gasteiger charge is 1.90. The smallest absolute Gasteiger partial charge is 0.169 e. The Morgan fingerprint density at radius 3 is 2.54 bits per heavy atom. The number of nitrogens with zero attached hydrogens (tertiary/aromatic N) is 1. The zero-order valence-electron chi connectivity index (χ0n) is 7.90. The molecule has 0 saturated heterocycles. The maximum absolute atomic E-state index is 3.80. The molecule has 0 saturated carbocycles. The van der Waals surface area contributed by atoms with E-state index in [1.165, 1.54) is 5.56 Å². The Morgan fingerprint density at radius 2 is 2.00 bits per heavy atom. The highest BCUT2D eigenvalue weighted by Crippen LogP contribution is 2.02. The Morgan fingerprint density at radius 1 is 1.38 bits per heavy atom. The van der Waals surface area contributed by atoms with Crippen molar-refractivity contribution in [3.05, 3.63) is 61.0 Å². The molecule has 1 heterocycles. The Balaban J connectivity index is 2.74. The van der Waals surface area contributed by atoms with Gasteiger partial charge in [-0.2, -0.15) is 0 Å². The number of rotatable bonds is 3. The van der Waals surface area contributed by atoms with Gasteiger partial charge in [0.25, 0.3) is 0 Å². The van der Waals surface area contributed by atoms with Gasteiger partial charge in [-0.25, -0.2) is 4.57 Å². The molecule has 13 heavy (non-hydrogen) atoms. The lowest BCUT2D eigenvalue weighted by Crippen LogP contribution is -2.25. The molecule has 0 fully saturated rings. The van der Waals surface area contributed by atoms with E-state index in [4.69, 9.17) is 0 Å². The molecule has 0 unspecified atom stereocenters. The molecule has 1 aromatic heterocycles. The predicted molar refractivity (Wildman–Crippen MR) is 56.0 cm³/mol. The van der Waals surface area contributed by atoms with Gasteiger partial charge in [0.2, 0.25) is 0 Å². The van der Waals surface area contributed by atoms with E-state index >= 15 is 0 Å². The summed E-state index contributed by atoms with van der Waals surface area (Å²) < 4.78 is 2.00. The second kappa shape index (κ2) is 4.41. The second-order valence-corrected chi connectivity index (χ2v) is 2.91. The van der Waals surface area contributed by atoms with E-state index in [-0.39, 0.29) is 0 Å². The summed E-state index contributed by atoms with van der Waals surface area (Å²) in [6, 6.07) is 4.10. The minimum atomic E-state index is 0.924. The molecule has 0 bridgehead atoms. The fourth-order valence-electron chi connectivity index (χ4n) is 0.895. The van der Waals surface area contributed by atoms with Gasteiger partial charge in [0.15, 0.2) is 12.4 Å². The first kappa shape index (κ1) is 9.46. The molecule has 0 aliphatic carbocycles. The topological polar surface area (TPSA) is 3.88 Å². The van der Waals surface area contributed by atoms with Crippen LogP contribution in [0, 0.1) is 0 Å². The van der Waals surface area contributed by atoms with E-state index < -0.39 is 0 Å². The lowest BCUT2D eigenvalue weighted by Gasteiger charge is -1.91. The Labute approximate surface area is 79.3 Å². The van der Waals surface area contributed by atoms with Gasteiger partial charge in [-0.3, -0.25) is 0 Å². The van der Waals surface area contributed by atoms with Crippen LogP contribution in [0.4, 0.5) is 0 Å². The second-order valence-electron chi connectivity index (χ2n) is 2.91. The zero-order valence-corrected chi connectivity index (χ0v) is 7.90. The summed E-state index contributed by atoms with van der Waals surface area (Å²) in [5, 5.41) is 0. The minimum absolute atomic E-state index is 0.924. The van der Waals surface area contributed by atoms with Gasteiger partial charge >= 0.3 is 0 Å². The molecule has 66 valence electrons. The zero-order chi connectivity index (χ0) is 9.68. The lowest BCUT2D eigenvalue weighted by molar-refractivity contribution is -0.671. The first-order valence-corrected chi connectivity index (χ1v) is 4.17. The number of pyridine rings is 1. The van der Waals surface area contributed by atoms with Crippen molar-refractivity contribution in [1.29, 1.82) is 0 Å². The first-order valence-electron chi connectivity index (χ1n) is 4.17. The molecule has 0 radical (unpaired) electrons.